The molecule has 2 aromatic rings. The molecule has 0 radical (unpaired) electrons. The summed E-state index contributed by atoms with van der Waals surface area (Å²) in [6, 6.07) is 14.3. The molecule has 0 unspecified atom stereocenters. The SMILES string of the molecule is COC(=O)[C@@]1(CC(=O)c2cccc3ccccc23)NC(=S)NC(=O)[C@@H]1C#N. The van der Waals surface area contributed by atoms with Gasteiger partial charge in [-0.15, -0.1) is 0 Å². The lowest BCUT2D eigenvalue weighted by atomic mass is 9.77. The van der Waals surface area contributed by atoms with Gasteiger partial charge in [0.1, 0.15) is 0 Å². The van der Waals surface area contributed by atoms with Crippen molar-refractivity contribution in [3.8, 4) is 6.07 Å². The number of nitrogens with zero attached hydrogens (tertiary/aromatic N) is 1. The molecule has 1 heterocycles. The summed E-state index contributed by atoms with van der Waals surface area (Å²) < 4.78 is 4.80. The van der Waals surface area contributed by atoms with E-state index in [1.807, 2.05) is 18.2 Å². The predicted molar refractivity (Wildman–Crippen MR) is 101 cm³/mol. The Hall–Kier alpha value is -3.31. The van der Waals surface area contributed by atoms with Crippen molar-refractivity contribution in [3.05, 3.63) is 48.0 Å². The quantitative estimate of drug-likeness (QED) is 0.469. The molecule has 7 nitrogen and oxygen atoms in total. The number of carbonyl (C=O) groups is 3. The average Bonchev–Trinajstić information content (AvgIpc) is 2.66. The average molecular weight is 381 g/mol. The van der Waals surface area contributed by atoms with E-state index in [2.05, 4.69) is 10.6 Å². The van der Waals surface area contributed by atoms with Gasteiger partial charge in [-0.2, -0.15) is 5.26 Å². The molecule has 1 saturated heterocycles. The van der Waals surface area contributed by atoms with Gasteiger partial charge in [0.25, 0.3) is 0 Å². The Morgan fingerprint density at radius 3 is 2.67 bits per heavy atom. The summed E-state index contributed by atoms with van der Waals surface area (Å²) in [6.07, 6.45) is -0.459. The molecule has 2 aromatic carbocycles. The minimum atomic E-state index is -1.89. The third-order valence-electron chi connectivity index (χ3n) is 4.54. The van der Waals surface area contributed by atoms with Gasteiger partial charge in [0, 0.05) is 12.0 Å². The number of hydrogen-bond donors (Lipinski definition) is 2. The zero-order valence-electron chi connectivity index (χ0n) is 14.3. The topological polar surface area (TPSA) is 108 Å². The normalized spacial score (nSPS) is 21.7. The van der Waals surface area contributed by atoms with Crippen LogP contribution in [0.5, 0.6) is 0 Å². The van der Waals surface area contributed by atoms with Gasteiger partial charge >= 0.3 is 5.97 Å². The molecule has 0 aromatic heterocycles. The first kappa shape index (κ1) is 18.5. The van der Waals surface area contributed by atoms with Gasteiger partial charge in [-0.3, -0.25) is 9.59 Å². The number of nitriles is 1. The Kier molecular flexibility index (Phi) is 4.88. The molecule has 1 aliphatic rings. The van der Waals surface area contributed by atoms with E-state index in [0.29, 0.717) is 10.9 Å². The van der Waals surface area contributed by atoms with Gasteiger partial charge in [-0.25, -0.2) is 4.79 Å². The highest BCUT2D eigenvalue weighted by atomic mass is 32.1. The number of nitrogens with one attached hydrogen (secondary N) is 2. The highest BCUT2D eigenvalue weighted by Crippen LogP contribution is 2.30. The first-order chi connectivity index (χ1) is 12.9. The van der Waals surface area contributed by atoms with Crippen LogP contribution in [0.1, 0.15) is 16.8 Å². The zero-order chi connectivity index (χ0) is 19.6. The lowest BCUT2D eigenvalue weighted by Crippen LogP contribution is -2.70. The predicted octanol–water partition coefficient (Wildman–Crippen LogP) is 1.47. The van der Waals surface area contributed by atoms with Gasteiger partial charge in [0.15, 0.2) is 22.4 Å². The second kappa shape index (κ2) is 7.13. The number of rotatable bonds is 4. The third kappa shape index (κ3) is 3.13. The minimum Gasteiger partial charge on any atom is -0.467 e. The summed E-state index contributed by atoms with van der Waals surface area (Å²) >= 11 is 4.97. The number of fused-ring (bicyclic) bond motifs is 1. The van der Waals surface area contributed by atoms with E-state index in [-0.39, 0.29) is 5.11 Å². The number of benzene rings is 2. The molecular weight excluding hydrogens is 366 g/mol. The summed E-state index contributed by atoms with van der Waals surface area (Å²) in [7, 11) is 1.12. The number of hydrogen-bond acceptors (Lipinski definition) is 6. The summed E-state index contributed by atoms with van der Waals surface area (Å²) in [5, 5.41) is 15.8. The van der Waals surface area contributed by atoms with Crippen LogP contribution in [0.25, 0.3) is 10.8 Å². The first-order valence-corrected chi connectivity index (χ1v) is 8.46. The van der Waals surface area contributed by atoms with Gasteiger partial charge in [0.2, 0.25) is 5.91 Å². The molecule has 0 aliphatic carbocycles. The fraction of sp³-hybridized carbons (Fsp3) is 0.211. The van der Waals surface area contributed by atoms with Gasteiger partial charge in [-0.05, 0) is 23.0 Å². The first-order valence-electron chi connectivity index (χ1n) is 8.05. The minimum absolute atomic E-state index is 0.136. The number of Topliss-reactive ketones (excluding diaryl/α,β-unsaturated/α-hetero) is 1. The van der Waals surface area contributed by atoms with Crippen LogP contribution >= 0.6 is 12.2 Å². The van der Waals surface area contributed by atoms with Crippen molar-refractivity contribution in [2.75, 3.05) is 7.11 Å². The molecule has 8 heteroatoms. The zero-order valence-corrected chi connectivity index (χ0v) is 15.1. The second-order valence-electron chi connectivity index (χ2n) is 6.10. The maximum atomic E-state index is 13.1. The highest BCUT2D eigenvalue weighted by molar-refractivity contribution is 7.80. The molecular formula is C19H15N3O4S. The highest BCUT2D eigenvalue weighted by Gasteiger charge is 2.55. The van der Waals surface area contributed by atoms with E-state index in [1.54, 1.807) is 30.3 Å². The van der Waals surface area contributed by atoms with E-state index < -0.39 is 35.5 Å². The largest absolute Gasteiger partial charge is 0.467 e. The molecule has 1 fully saturated rings. The Morgan fingerprint density at radius 1 is 1.26 bits per heavy atom. The monoisotopic (exact) mass is 381 g/mol. The van der Waals surface area contributed by atoms with Gasteiger partial charge in [0.05, 0.1) is 13.2 Å². The van der Waals surface area contributed by atoms with E-state index in [4.69, 9.17) is 17.0 Å². The van der Waals surface area contributed by atoms with Crippen molar-refractivity contribution in [2.24, 2.45) is 5.92 Å². The molecule has 3 rings (SSSR count). The van der Waals surface area contributed by atoms with Crippen molar-refractivity contribution in [3.63, 3.8) is 0 Å². The van der Waals surface area contributed by atoms with Crippen molar-refractivity contribution in [1.82, 2.24) is 10.6 Å². The van der Waals surface area contributed by atoms with Crippen LogP contribution < -0.4 is 10.6 Å². The Morgan fingerprint density at radius 2 is 1.96 bits per heavy atom. The van der Waals surface area contributed by atoms with Crippen LogP contribution in [0.3, 0.4) is 0 Å². The molecule has 1 aliphatic heterocycles. The number of ether oxygens (including phenoxy) is 1. The third-order valence-corrected chi connectivity index (χ3v) is 4.74. The lowest BCUT2D eigenvalue weighted by Gasteiger charge is -2.38. The summed E-state index contributed by atoms with van der Waals surface area (Å²) in [5.41, 5.74) is -1.51. The molecule has 0 bridgehead atoms. The van der Waals surface area contributed by atoms with Gasteiger partial charge < -0.3 is 15.4 Å². The standard InChI is InChI=1S/C19H15N3O4S/c1-26-17(25)19(14(10-20)16(24)21-18(27)22-19)9-15(23)13-8-4-6-11-5-2-3-7-12(11)13/h2-8,14H,9H2,1H3,(H2,21,22,24,27)/t14-,19-/m0/s1. The Bertz CT molecular complexity index is 1010. The van der Waals surface area contributed by atoms with Crippen molar-refractivity contribution in [2.45, 2.75) is 12.0 Å². The summed E-state index contributed by atoms with van der Waals surface area (Å²) in [5.74, 6) is -3.55. The van der Waals surface area contributed by atoms with Crippen molar-refractivity contribution in [1.29, 1.82) is 5.26 Å². The smallest absolute Gasteiger partial charge is 0.334 e. The van der Waals surface area contributed by atoms with E-state index in [9.17, 15) is 19.6 Å². The number of ketones is 1. The number of thiocarbonyl (C=S) groups is 1. The fourth-order valence-electron chi connectivity index (χ4n) is 3.27. The van der Waals surface area contributed by atoms with Crippen molar-refractivity contribution >= 4 is 45.8 Å². The maximum absolute atomic E-state index is 13.1. The number of esters is 1. The molecule has 2 N–H and O–H groups in total. The van der Waals surface area contributed by atoms with E-state index in [1.165, 1.54) is 0 Å². The molecule has 0 saturated carbocycles. The molecule has 0 spiro atoms. The van der Waals surface area contributed by atoms with Crippen LogP contribution in [-0.4, -0.2) is 35.4 Å². The van der Waals surface area contributed by atoms with E-state index >= 15 is 0 Å². The van der Waals surface area contributed by atoms with E-state index in [0.717, 1.165) is 12.5 Å². The summed E-state index contributed by atoms with van der Waals surface area (Å²) in [6.45, 7) is 0. The molecule has 2 atom stereocenters. The van der Waals surface area contributed by atoms with Crippen LogP contribution in [0.15, 0.2) is 42.5 Å². The van der Waals surface area contributed by atoms with Gasteiger partial charge in [-0.1, -0.05) is 42.5 Å². The molecule has 136 valence electrons. The lowest BCUT2D eigenvalue weighted by molar-refractivity contribution is -0.152. The molecule has 27 heavy (non-hydrogen) atoms. The maximum Gasteiger partial charge on any atom is 0.334 e. The molecule has 1 amide bonds. The van der Waals surface area contributed by atoms with Crippen LogP contribution in [0.2, 0.25) is 0 Å². The summed E-state index contributed by atoms with van der Waals surface area (Å²) in [4.78, 5) is 37.9. The van der Waals surface area contributed by atoms with Crippen LogP contribution in [0, 0.1) is 17.2 Å². The van der Waals surface area contributed by atoms with Crippen molar-refractivity contribution < 1.29 is 19.1 Å². The number of methoxy groups -OCH3 is 1. The number of carbonyl (C=O) groups excluding carboxylic acids is 3. The fourth-order valence-corrected chi connectivity index (χ4v) is 3.55. The second-order valence-corrected chi connectivity index (χ2v) is 6.50. The number of amides is 1. The Balaban J connectivity index is 2.08. The van der Waals surface area contributed by atoms with Crippen LogP contribution in [-0.2, 0) is 14.3 Å². The van der Waals surface area contributed by atoms with Crippen LogP contribution in [0.4, 0.5) is 0 Å². The Labute approximate surface area is 160 Å².